The van der Waals surface area contributed by atoms with Gasteiger partial charge in [0.15, 0.2) is 17.7 Å². The van der Waals surface area contributed by atoms with Gasteiger partial charge in [-0.1, -0.05) is 0 Å². The van der Waals surface area contributed by atoms with Crippen molar-refractivity contribution in [1.29, 1.82) is 0 Å². The van der Waals surface area contributed by atoms with Crippen molar-refractivity contribution in [2.75, 3.05) is 18.9 Å². The van der Waals surface area contributed by atoms with Gasteiger partial charge in [-0.05, 0) is 0 Å². The van der Waals surface area contributed by atoms with Crippen LogP contribution < -0.4 is 10.8 Å². The highest BCUT2D eigenvalue weighted by atomic mass is 31.2. The summed E-state index contributed by atoms with van der Waals surface area (Å²) in [6, 6.07) is 0. The third-order valence-electron chi connectivity index (χ3n) is 3.84. The van der Waals surface area contributed by atoms with E-state index in [4.69, 9.17) is 20.1 Å². The first-order chi connectivity index (χ1) is 12.7. The lowest BCUT2D eigenvalue weighted by Crippen LogP contribution is -2.34. The molecule has 0 amide bonds. The molecule has 5 atom stereocenters. The lowest BCUT2D eigenvalue weighted by molar-refractivity contribution is -0.135. The minimum atomic E-state index is -4.43. The molecule has 1 aliphatic heterocycles. The Kier molecular flexibility index (Phi) is 5.39. The maximum absolute atomic E-state index is 11.7. The van der Waals surface area contributed by atoms with Crippen molar-refractivity contribution in [3.05, 3.63) is 12.7 Å². The Balaban J connectivity index is 1.71. The Bertz CT molecular complexity index is 892. The number of carboxylic acids is 1. The van der Waals surface area contributed by atoms with Crippen LogP contribution in [0, 0.1) is 0 Å². The van der Waals surface area contributed by atoms with Gasteiger partial charge in [0.2, 0.25) is 0 Å². The van der Waals surface area contributed by atoms with Crippen molar-refractivity contribution in [2.45, 2.75) is 24.5 Å². The number of hydrogen-bond donors (Lipinski definition) is 6. The molecule has 148 valence electrons. The number of imidazole rings is 1. The fourth-order valence-electron chi connectivity index (χ4n) is 2.54. The first-order valence-corrected chi connectivity index (χ1v) is 9.16. The molecule has 2 aromatic rings. The Hall–Kier alpha value is -2.19. The molecule has 0 aliphatic carbocycles. The number of aromatic nitrogens is 4. The number of carbonyl (C=O) groups is 1. The van der Waals surface area contributed by atoms with Crippen molar-refractivity contribution >= 4 is 30.7 Å². The zero-order chi connectivity index (χ0) is 19.8. The Labute approximate surface area is 151 Å². The topological polar surface area (TPSA) is 215 Å². The predicted molar refractivity (Wildman–Crippen MR) is 87.1 cm³/mol. The van der Waals surface area contributed by atoms with Gasteiger partial charge in [0.05, 0.1) is 12.9 Å². The normalized spacial score (nSPS) is 27.7. The van der Waals surface area contributed by atoms with E-state index < -0.39 is 51.4 Å². The number of nitrogens with two attached hydrogens (primary N) is 1. The molecule has 14 nitrogen and oxygen atoms in total. The molecule has 0 saturated carbocycles. The zero-order valence-electron chi connectivity index (χ0n) is 13.6. The lowest BCUT2D eigenvalue weighted by atomic mass is 10.1. The number of aliphatic hydroxyl groups excluding tert-OH is 2. The molecule has 1 unspecified atom stereocenters. The Morgan fingerprint density at radius 3 is 2.81 bits per heavy atom. The van der Waals surface area contributed by atoms with E-state index in [2.05, 4.69) is 15.0 Å². The molecule has 3 heterocycles. The largest absolute Gasteiger partial charge is 0.480 e. The highest BCUT2D eigenvalue weighted by molar-refractivity contribution is 7.50. The number of anilines is 1. The first kappa shape index (κ1) is 19.6. The van der Waals surface area contributed by atoms with E-state index in [1.54, 1.807) is 0 Å². The summed E-state index contributed by atoms with van der Waals surface area (Å²) in [6.45, 7) is -1.38. The molecule has 27 heavy (non-hydrogen) atoms. The third kappa shape index (κ3) is 4.06. The quantitative estimate of drug-likeness (QED) is 0.271. The number of aliphatic carboxylic acids is 1. The van der Waals surface area contributed by atoms with Crippen molar-refractivity contribution in [3.63, 3.8) is 0 Å². The molecular formula is C12H17N6O8P. The van der Waals surface area contributed by atoms with Gasteiger partial charge in [0, 0.05) is 0 Å². The summed E-state index contributed by atoms with van der Waals surface area (Å²) in [5.74, 6) is -1.23. The summed E-state index contributed by atoms with van der Waals surface area (Å²) in [4.78, 5) is 31.8. The molecule has 0 spiro atoms. The van der Waals surface area contributed by atoms with E-state index in [9.17, 15) is 24.5 Å². The number of ether oxygens (including phenoxy) is 1. The highest BCUT2D eigenvalue weighted by Crippen LogP contribution is 2.39. The van der Waals surface area contributed by atoms with Crippen LogP contribution in [-0.4, -0.2) is 77.2 Å². The molecule has 0 aromatic carbocycles. The summed E-state index contributed by atoms with van der Waals surface area (Å²) < 4.78 is 23.3. The molecular weight excluding hydrogens is 387 g/mol. The van der Waals surface area contributed by atoms with Crippen LogP contribution in [0.4, 0.5) is 5.82 Å². The smallest absolute Gasteiger partial charge is 0.403 e. The second-order valence-corrected chi connectivity index (χ2v) is 7.29. The van der Waals surface area contributed by atoms with Crippen LogP contribution in [-0.2, 0) is 18.6 Å². The highest BCUT2D eigenvalue weighted by Gasteiger charge is 2.45. The second kappa shape index (κ2) is 7.44. The number of nitrogen functional groups attached to an aromatic ring is 1. The minimum absolute atomic E-state index is 0.123. The van der Waals surface area contributed by atoms with E-state index in [0.717, 1.165) is 0 Å². The van der Waals surface area contributed by atoms with Crippen LogP contribution in [0.3, 0.4) is 0 Å². The summed E-state index contributed by atoms with van der Waals surface area (Å²) in [5, 5.41) is 30.7. The number of hydrogen-bond acceptors (Lipinski definition) is 10. The van der Waals surface area contributed by atoms with Gasteiger partial charge in [-0.2, -0.15) is 0 Å². The molecule has 7 N–H and O–H groups in total. The van der Waals surface area contributed by atoms with E-state index in [1.165, 1.54) is 17.2 Å². The average molecular weight is 404 g/mol. The average Bonchev–Trinajstić information content (AvgIpc) is 3.15. The van der Waals surface area contributed by atoms with E-state index in [1.807, 2.05) is 5.09 Å². The molecule has 0 bridgehead atoms. The summed E-state index contributed by atoms with van der Waals surface area (Å²) in [5.41, 5.74) is 6.23. The number of nitrogens with zero attached hydrogens (tertiary/aromatic N) is 4. The number of carboxylic acid groups (broad SMARTS) is 1. The summed E-state index contributed by atoms with van der Waals surface area (Å²) in [6.07, 6.45) is -2.66. The number of rotatable bonds is 7. The maximum Gasteiger partial charge on any atom is 0.403 e. The number of nitrogens with one attached hydrogen (secondary N) is 1. The van der Waals surface area contributed by atoms with E-state index in [0.29, 0.717) is 0 Å². The molecule has 15 heteroatoms. The van der Waals surface area contributed by atoms with E-state index >= 15 is 0 Å². The van der Waals surface area contributed by atoms with Crippen molar-refractivity contribution < 1.29 is 38.8 Å². The van der Waals surface area contributed by atoms with Crippen LogP contribution in [0.15, 0.2) is 12.7 Å². The third-order valence-corrected chi connectivity index (χ3v) is 4.90. The van der Waals surface area contributed by atoms with Crippen LogP contribution in [0.1, 0.15) is 6.23 Å². The fourth-order valence-corrected chi connectivity index (χ4v) is 3.32. The number of fused-ring (bicyclic) bond motifs is 1. The predicted octanol–water partition coefficient (Wildman–Crippen LogP) is -2.18. The van der Waals surface area contributed by atoms with Gasteiger partial charge in [-0.15, -0.1) is 0 Å². The molecule has 1 fully saturated rings. The van der Waals surface area contributed by atoms with Crippen molar-refractivity contribution in [3.8, 4) is 0 Å². The van der Waals surface area contributed by atoms with E-state index in [-0.39, 0.29) is 17.0 Å². The summed E-state index contributed by atoms with van der Waals surface area (Å²) >= 11 is 0. The second-order valence-electron chi connectivity index (χ2n) is 5.67. The van der Waals surface area contributed by atoms with Crippen LogP contribution >= 0.6 is 7.75 Å². The van der Waals surface area contributed by atoms with Crippen molar-refractivity contribution in [2.24, 2.45) is 0 Å². The van der Waals surface area contributed by atoms with Gasteiger partial charge in [0.1, 0.15) is 36.7 Å². The maximum atomic E-state index is 11.7. The van der Waals surface area contributed by atoms with Gasteiger partial charge < -0.3 is 30.7 Å². The SMILES string of the molecule is Nc1ncnc2c1ncn2[C@@H]1O[C@H](COP(=O)(O)NCC(=O)O)[C@@H](O)[C@H]1O. The van der Waals surface area contributed by atoms with Crippen LogP contribution in [0.5, 0.6) is 0 Å². The molecule has 1 saturated heterocycles. The van der Waals surface area contributed by atoms with Crippen LogP contribution in [0.2, 0.25) is 0 Å². The van der Waals surface area contributed by atoms with Gasteiger partial charge >= 0.3 is 13.7 Å². The first-order valence-electron chi connectivity index (χ1n) is 7.58. The molecule has 0 radical (unpaired) electrons. The molecule has 2 aromatic heterocycles. The fraction of sp³-hybridized carbons (Fsp3) is 0.500. The van der Waals surface area contributed by atoms with Gasteiger partial charge in [-0.3, -0.25) is 13.9 Å². The summed E-state index contributed by atoms with van der Waals surface area (Å²) in [7, 11) is -4.43. The lowest BCUT2D eigenvalue weighted by Gasteiger charge is -2.17. The zero-order valence-corrected chi connectivity index (χ0v) is 14.5. The Morgan fingerprint density at radius 1 is 1.37 bits per heavy atom. The molecule has 3 rings (SSSR count). The van der Waals surface area contributed by atoms with Crippen LogP contribution in [0.25, 0.3) is 11.2 Å². The van der Waals surface area contributed by atoms with Gasteiger partial charge in [0.25, 0.3) is 0 Å². The monoisotopic (exact) mass is 404 g/mol. The van der Waals surface area contributed by atoms with Gasteiger partial charge in [-0.25, -0.2) is 24.6 Å². The molecule has 1 aliphatic rings. The standard InChI is InChI=1S/C12H17N6O8P/c13-10-7-11(15-3-14-10)18(4-16-7)12-9(22)8(21)5(26-12)2-25-27(23,24)17-1-6(19)20/h3-5,8-9,12,21-22H,1-2H2,(H,19,20)(H2,13,14,15)(H2,17,23,24)/t5-,8-,9-,12-/m1/s1. The number of aliphatic hydroxyl groups is 2. The Morgan fingerprint density at radius 2 is 2.11 bits per heavy atom. The minimum Gasteiger partial charge on any atom is -0.480 e. The van der Waals surface area contributed by atoms with Crippen molar-refractivity contribution in [1.82, 2.24) is 24.6 Å².